The molecule has 0 atom stereocenters. The van der Waals surface area contributed by atoms with E-state index in [0.717, 1.165) is 6.26 Å². The number of ether oxygens (including phenoxy) is 1. The van der Waals surface area contributed by atoms with E-state index in [-0.39, 0.29) is 12.6 Å². The Balaban J connectivity index is 2.56. The fraction of sp³-hybridized carbons (Fsp3) is 0.900. The summed E-state index contributed by atoms with van der Waals surface area (Å²) in [5.74, 6) is -0.372. The summed E-state index contributed by atoms with van der Waals surface area (Å²) in [6.07, 6.45) is 2.22. The smallest absolute Gasteiger partial charge is 0.315 e. The number of carbonyl (C=O) groups excluding carboxylic acids is 1. The molecule has 0 aliphatic heterocycles. The van der Waals surface area contributed by atoms with E-state index in [4.69, 9.17) is 4.74 Å². The predicted molar refractivity (Wildman–Crippen MR) is 58.3 cm³/mol. The highest BCUT2D eigenvalue weighted by Crippen LogP contribution is 2.47. The van der Waals surface area contributed by atoms with Gasteiger partial charge in [0.25, 0.3) is 10.1 Å². The highest BCUT2D eigenvalue weighted by atomic mass is 32.2. The van der Waals surface area contributed by atoms with Gasteiger partial charge in [-0.05, 0) is 33.6 Å². The van der Waals surface area contributed by atoms with Crippen molar-refractivity contribution in [3.8, 4) is 0 Å². The van der Waals surface area contributed by atoms with Gasteiger partial charge in [-0.25, -0.2) is 0 Å². The molecule has 1 aliphatic rings. The van der Waals surface area contributed by atoms with Crippen LogP contribution in [0.15, 0.2) is 0 Å². The maximum atomic E-state index is 11.8. The van der Waals surface area contributed by atoms with Crippen molar-refractivity contribution in [2.24, 2.45) is 5.41 Å². The maximum absolute atomic E-state index is 11.8. The molecule has 1 rings (SSSR count). The Hall–Kier alpha value is -0.620. The molecule has 94 valence electrons. The second-order valence-electron chi connectivity index (χ2n) is 5.25. The van der Waals surface area contributed by atoms with Gasteiger partial charge in [0.05, 0.1) is 18.3 Å². The third-order valence-electron chi connectivity index (χ3n) is 2.23. The zero-order valence-corrected chi connectivity index (χ0v) is 10.9. The number of rotatable bonds is 4. The zero-order chi connectivity index (χ0) is 12.6. The van der Waals surface area contributed by atoms with Crippen molar-refractivity contribution >= 4 is 16.1 Å². The van der Waals surface area contributed by atoms with Crippen LogP contribution in [-0.4, -0.2) is 32.9 Å². The van der Waals surface area contributed by atoms with Crippen LogP contribution in [0.5, 0.6) is 0 Å². The minimum Gasteiger partial charge on any atom is -0.459 e. The van der Waals surface area contributed by atoms with Crippen molar-refractivity contribution in [1.29, 1.82) is 0 Å². The van der Waals surface area contributed by atoms with Gasteiger partial charge in [-0.15, -0.1) is 0 Å². The summed E-state index contributed by atoms with van der Waals surface area (Å²) in [5, 5.41) is 0. The fourth-order valence-electron chi connectivity index (χ4n) is 1.16. The normalized spacial score (nSPS) is 19.2. The van der Waals surface area contributed by atoms with Crippen LogP contribution in [0.4, 0.5) is 0 Å². The molecule has 0 aromatic heterocycles. The van der Waals surface area contributed by atoms with Gasteiger partial charge >= 0.3 is 5.97 Å². The fourth-order valence-corrected chi connectivity index (χ4v) is 1.60. The molecule has 6 heteroatoms. The Morgan fingerprint density at radius 3 is 2.12 bits per heavy atom. The van der Waals surface area contributed by atoms with Crippen molar-refractivity contribution < 1.29 is 22.1 Å². The minimum atomic E-state index is -3.50. The summed E-state index contributed by atoms with van der Waals surface area (Å²) in [6.45, 7) is 5.22. The molecule has 0 aromatic rings. The van der Waals surface area contributed by atoms with E-state index < -0.39 is 21.1 Å². The Kier molecular flexibility index (Phi) is 3.36. The Bertz CT molecular complexity index is 373. The van der Waals surface area contributed by atoms with Crippen LogP contribution in [0.1, 0.15) is 33.6 Å². The van der Waals surface area contributed by atoms with Gasteiger partial charge < -0.3 is 4.74 Å². The summed E-state index contributed by atoms with van der Waals surface area (Å²) < 4.78 is 31.6. The van der Waals surface area contributed by atoms with Crippen molar-refractivity contribution in [2.45, 2.75) is 39.2 Å². The highest BCUT2D eigenvalue weighted by Gasteiger charge is 2.53. The van der Waals surface area contributed by atoms with Crippen LogP contribution >= 0.6 is 0 Å². The summed E-state index contributed by atoms with van der Waals surface area (Å²) >= 11 is 0. The van der Waals surface area contributed by atoms with Gasteiger partial charge in [-0.1, -0.05) is 0 Å². The summed E-state index contributed by atoms with van der Waals surface area (Å²) in [4.78, 5) is 11.8. The van der Waals surface area contributed by atoms with E-state index >= 15 is 0 Å². The molecule has 0 saturated heterocycles. The SMILES string of the molecule is CC(C)(C)OC(=O)C1(COS(C)(=O)=O)CC1. The third-order valence-corrected chi connectivity index (χ3v) is 2.78. The lowest BCUT2D eigenvalue weighted by Crippen LogP contribution is -2.32. The molecule has 1 aliphatic carbocycles. The second kappa shape index (κ2) is 4.00. The first-order chi connectivity index (χ1) is 7.04. The standard InChI is InChI=1S/C10H18O5S/c1-9(2,3)15-8(11)10(5-6-10)7-14-16(4,12)13/h5-7H2,1-4H3. The van der Waals surface area contributed by atoms with Gasteiger partial charge in [0.15, 0.2) is 0 Å². The van der Waals surface area contributed by atoms with Crippen LogP contribution in [0, 0.1) is 5.41 Å². The van der Waals surface area contributed by atoms with E-state index in [9.17, 15) is 13.2 Å². The molecule has 5 nitrogen and oxygen atoms in total. The van der Waals surface area contributed by atoms with Gasteiger partial charge in [0.2, 0.25) is 0 Å². The number of hydrogen-bond acceptors (Lipinski definition) is 5. The maximum Gasteiger partial charge on any atom is 0.315 e. The molecule has 0 spiro atoms. The van der Waals surface area contributed by atoms with Crippen molar-refractivity contribution in [3.05, 3.63) is 0 Å². The summed E-state index contributed by atoms with van der Waals surface area (Å²) in [5.41, 5.74) is -1.30. The molecular formula is C10H18O5S. The van der Waals surface area contributed by atoms with Crippen LogP contribution in [0.25, 0.3) is 0 Å². The minimum absolute atomic E-state index is 0.110. The third kappa shape index (κ3) is 4.09. The van der Waals surface area contributed by atoms with Crippen LogP contribution in [-0.2, 0) is 23.8 Å². The highest BCUT2D eigenvalue weighted by molar-refractivity contribution is 7.85. The lowest BCUT2D eigenvalue weighted by molar-refractivity contribution is -0.162. The van der Waals surface area contributed by atoms with Crippen LogP contribution in [0.2, 0.25) is 0 Å². The molecule has 16 heavy (non-hydrogen) atoms. The Morgan fingerprint density at radius 1 is 1.31 bits per heavy atom. The number of carbonyl (C=O) groups is 1. The van der Waals surface area contributed by atoms with Crippen molar-refractivity contribution in [2.75, 3.05) is 12.9 Å². The lowest BCUT2D eigenvalue weighted by atomic mass is 10.1. The van der Waals surface area contributed by atoms with E-state index in [1.807, 2.05) is 0 Å². The average molecular weight is 250 g/mol. The summed E-state index contributed by atoms with van der Waals surface area (Å²) in [6, 6.07) is 0. The number of esters is 1. The first-order valence-electron chi connectivity index (χ1n) is 5.12. The first kappa shape index (κ1) is 13.4. The molecule has 0 aromatic carbocycles. The van der Waals surface area contributed by atoms with Gasteiger partial charge in [-0.2, -0.15) is 8.42 Å². The lowest BCUT2D eigenvalue weighted by Gasteiger charge is -2.23. The Morgan fingerprint density at radius 2 is 1.81 bits per heavy atom. The predicted octanol–water partition coefficient (Wildman–Crippen LogP) is 1.08. The monoisotopic (exact) mass is 250 g/mol. The molecule has 0 N–H and O–H groups in total. The number of hydrogen-bond donors (Lipinski definition) is 0. The molecule has 0 bridgehead atoms. The molecule has 1 saturated carbocycles. The largest absolute Gasteiger partial charge is 0.459 e. The molecule has 1 fully saturated rings. The molecule has 0 radical (unpaired) electrons. The van der Waals surface area contributed by atoms with E-state index in [0.29, 0.717) is 12.8 Å². The quantitative estimate of drug-likeness (QED) is 0.551. The summed E-state index contributed by atoms with van der Waals surface area (Å²) in [7, 11) is -3.50. The van der Waals surface area contributed by atoms with Gasteiger partial charge in [0.1, 0.15) is 5.60 Å². The van der Waals surface area contributed by atoms with E-state index in [1.54, 1.807) is 20.8 Å². The van der Waals surface area contributed by atoms with Crippen LogP contribution in [0.3, 0.4) is 0 Å². The first-order valence-corrected chi connectivity index (χ1v) is 6.94. The van der Waals surface area contributed by atoms with Crippen LogP contribution < -0.4 is 0 Å². The zero-order valence-electron chi connectivity index (χ0n) is 10.1. The van der Waals surface area contributed by atoms with E-state index in [1.165, 1.54) is 0 Å². The van der Waals surface area contributed by atoms with Crippen molar-refractivity contribution in [3.63, 3.8) is 0 Å². The Labute approximate surface area is 96.2 Å². The molecule has 0 amide bonds. The molecule has 0 unspecified atom stereocenters. The van der Waals surface area contributed by atoms with Gasteiger partial charge in [-0.3, -0.25) is 8.98 Å². The van der Waals surface area contributed by atoms with Crippen molar-refractivity contribution in [1.82, 2.24) is 0 Å². The van der Waals surface area contributed by atoms with E-state index in [2.05, 4.69) is 4.18 Å². The second-order valence-corrected chi connectivity index (χ2v) is 6.89. The topological polar surface area (TPSA) is 69.7 Å². The molecular weight excluding hydrogens is 232 g/mol. The van der Waals surface area contributed by atoms with Gasteiger partial charge in [0, 0.05) is 0 Å². The molecule has 0 heterocycles. The average Bonchev–Trinajstić information content (AvgIpc) is 2.76.